The minimum Gasteiger partial charge on any atom is -0.478 e. The maximum Gasteiger partial charge on any atom is 0.335 e. The molecule has 23 heavy (non-hydrogen) atoms. The van der Waals surface area contributed by atoms with Gasteiger partial charge in [-0.3, -0.25) is 0 Å². The second-order valence-electron chi connectivity index (χ2n) is 5.66. The lowest BCUT2D eigenvalue weighted by molar-refractivity contribution is 0.0697. The van der Waals surface area contributed by atoms with E-state index in [1.807, 2.05) is 6.92 Å². The van der Waals surface area contributed by atoms with Gasteiger partial charge >= 0.3 is 5.97 Å². The fourth-order valence-electron chi connectivity index (χ4n) is 3.03. The second-order valence-corrected chi connectivity index (χ2v) is 6.75. The number of aryl methyl sites for hydroxylation is 3. The normalized spacial score (nSPS) is 13.3. The molecule has 0 bridgehead atoms. The summed E-state index contributed by atoms with van der Waals surface area (Å²) < 4.78 is 0. The number of hydrogen-bond donors (Lipinski definition) is 2. The van der Waals surface area contributed by atoms with Crippen LogP contribution in [0.1, 0.15) is 33.0 Å². The Hall–Kier alpha value is -2.47. The van der Waals surface area contributed by atoms with E-state index in [9.17, 15) is 4.79 Å². The summed E-state index contributed by atoms with van der Waals surface area (Å²) in [7, 11) is 0. The van der Waals surface area contributed by atoms with Crippen LogP contribution in [0.25, 0.3) is 10.2 Å². The largest absolute Gasteiger partial charge is 0.478 e. The molecule has 0 spiro atoms. The predicted molar refractivity (Wildman–Crippen MR) is 90.9 cm³/mol. The van der Waals surface area contributed by atoms with Crippen LogP contribution < -0.4 is 5.32 Å². The van der Waals surface area contributed by atoms with Gasteiger partial charge in [0.25, 0.3) is 0 Å². The van der Waals surface area contributed by atoms with Crippen molar-refractivity contribution in [2.24, 2.45) is 0 Å². The van der Waals surface area contributed by atoms with Crippen molar-refractivity contribution < 1.29 is 9.90 Å². The molecule has 1 aliphatic carbocycles. The molecule has 0 fully saturated rings. The van der Waals surface area contributed by atoms with Crippen molar-refractivity contribution in [1.29, 1.82) is 0 Å². The number of benzene rings is 1. The molecular formula is C17H15N3O2S. The monoisotopic (exact) mass is 325 g/mol. The first kappa shape index (κ1) is 14.1. The molecule has 0 aliphatic heterocycles. The van der Waals surface area contributed by atoms with Crippen LogP contribution in [0, 0.1) is 6.92 Å². The number of carboxylic acids is 1. The van der Waals surface area contributed by atoms with Crippen LogP contribution in [-0.2, 0) is 12.8 Å². The van der Waals surface area contributed by atoms with Crippen molar-refractivity contribution in [3.63, 3.8) is 0 Å². The number of carbonyl (C=O) groups is 1. The first-order chi connectivity index (χ1) is 11.1. The highest BCUT2D eigenvalue weighted by Crippen LogP contribution is 2.40. The van der Waals surface area contributed by atoms with Gasteiger partial charge in [-0.1, -0.05) is 0 Å². The Kier molecular flexibility index (Phi) is 3.27. The molecule has 0 radical (unpaired) electrons. The van der Waals surface area contributed by atoms with Crippen molar-refractivity contribution in [1.82, 2.24) is 9.97 Å². The van der Waals surface area contributed by atoms with Gasteiger partial charge in [-0.2, -0.15) is 0 Å². The summed E-state index contributed by atoms with van der Waals surface area (Å²) in [6, 6.07) is 6.71. The molecular weight excluding hydrogens is 310 g/mol. The maximum atomic E-state index is 10.9. The van der Waals surface area contributed by atoms with Crippen LogP contribution in [0.2, 0.25) is 0 Å². The number of anilines is 2. The van der Waals surface area contributed by atoms with Crippen LogP contribution in [0.3, 0.4) is 0 Å². The van der Waals surface area contributed by atoms with E-state index in [0.717, 1.165) is 40.4 Å². The molecule has 0 amide bonds. The number of nitrogens with one attached hydrogen (secondary N) is 1. The van der Waals surface area contributed by atoms with Gasteiger partial charge in [0.05, 0.1) is 10.9 Å². The average molecular weight is 325 g/mol. The van der Waals surface area contributed by atoms with E-state index in [4.69, 9.17) is 5.11 Å². The first-order valence-corrected chi connectivity index (χ1v) is 8.33. The summed E-state index contributed by atoms with van der Waals surface area (Å²) in [5, 5.41) is 13.4. The summed E-state index contributed by atoms with van der Waals surface area (Å²) >= 11 is 1.76. The number of rotatable bonds is 3. The number of aromatic carboxylic acids is 1. The molecule has 2 aromatic heterocycles. The summed E-state index contributed by atoms with van der Waals surface area (Å²) in [6.07, 6.45) is 3.40. The molecule has 1 aliphatic rings. The van der Waals surface area contributed by atoms with Gasteiger partial charge in [-0.05, 0) is 56.0 Å². The summed E-state index contributed by atoms with van der Waals surface area (Å²) in [4.78, 5) is 22.5. The van der Waals surface area contributed by atoms with E-state index in [1.54, 1.807) is 35.6 Å². The smallest absolute Gasteiger partial charge is 0.335 e. The summed E-state index contributed by atoms with van der Waals surface area (Å²) in [5.41, 5.74) is 2.47. The Labute approximate surface area is 137 Å². The van der Waals surface area contributed by atoms with Crippen molar-refractivity contribution in [3.05, 3.63) is 46.1 Å². The zero-order valence-electron chi connectivity index (χ0n) is 12.6. The molecule has 1 aromatic carbocycles. The molecule has 2 N–H and O–H groups in total. The lowest BCUT2D eigenvalue weighted by Crippen LogP contribution is -2.00. The zero-order valence-corrected chi connectivity index (χ0v) is 13.4. The molecule has 0 saturated heterocycles. The number of hydrogen-bond acceptors (Lipinski definition) is 5. The molecule has 0 saturated carbocycles. The minimum absolute atomic E-state index is 0.274. The highest BCUT2D eigenvalue weighted by atomic mass is 32.1. The number of aromatic nitrogens is 2. The van der Waals surface area contributed by atoms with E-state index >= 15 is 0 Å². The Bertz CT molecular complexity index is 916. The Morgan fingerprint density at radius 3 is 2.74 bits per heavy atom. The highest BCUT2D eigenvalue weighted by molar-refractivity contribution is 7.19. The van der Waals surface area contributed by atoms with Crippen molar-refractivity contribution >= 4 is 39.0 Å². The van der Waals surface area contributed by atoms with E-state index in [0.29, 0.717) is 0 Å². The van der Waals surface area contributed by atoms with Crippen LogP contribution in [0.5, 0.6) is 0 Å². The fraction of sp³-hybridized carbons (Fsp3) is 0.235. The summed E-state index contributed by atoms with van der Waals surface area (Å²) in [5.74, 6) is 0.629. The average Bonchev–Trinajstić information content (AvgIpc) is 3.07. The molecule has 3 aromatic rings. The van der Waals surface area contributed by atoms with E-state index in [-0.39, 0.29) is 5.56 Å². The molecule has 5 nitrogen and oxygen atoms in total. The lowest BCUT2D eigenvalue weighted by Gasteiger charge is -2.09. The molecule has 4 rings (SSSR count). The third-order valence-corrected chi connectivity index (χ3v) is 5.26. The zero-order chi connectivity index (χ0) is 16.0. The highest BCUT2D eigenvalue weighted by Gasteiger charge is 2.21. The predicted octanol–water partition coefficient (Wildman–Crippen LogP) is 3.93. The molecule has 0 atom stereocenters. The molecule has 116 valence electrons. The van der Waals surface area contributed by atoms with Crippen molar-refractivity contribution in [2.75, 3.05) is 5.32 Å². The van der Waals surface area contributed by atoms with Gasteiger partial charge < -0.3 is 10.4 Å². The van der Waals surface area contributed by atoms with E-state index in [2.05, 4.69) is 15.3 Å². The second kappa shape index (κ2) is 5.31. The van der Waals surface area contributed by atoms with Gasteiger partial charge in [0, 0.05) is 10.6 Å². The van der Waals surface area contributed by atoms with Gasteiger partial charge in [0.1, 0.15) is 16.5 Å². The molecule has 0 unspecified atom stereocenters. The van der Waals surface area contributed by atoms with Gasteiger partial charge in [-0.25, -0.2) is 14.8 Å². The third-order valence-electron chi connectivity index (χ3n) is 4.07. The maximum absolute atomic E-state index is 10.9. The van der Waals surface area contributed by atoms with Crippen molar-refractivity contribution in [2.45, 2.75) is 26.2 Å². The van der Waals surface area contributed by atoms with Crippen LogP contribution in [-0.4, -0.2) is 21.0 Å². The van der Waals surface area contributed by atoms with E-state index < -0.39 is 5.97 Å². The number of nitrogens with zero attached hydrogens (tertiary/aromatic N) is 2. The molecule has 2 heterocycles. The van der Waals surface area contributed by atoms with Gasteiger partial charge in [-0.15, -0.1) is 11.3 Å². The van der Waals surface area contributed by atoms with Crippen LogP contribution in [0.15, 0.2) is 24.3 Å². The molecule has 6 heteroatoms. The van der Waals surface area contributed by atoms with Gasteiger partial charge in [0.15, 0.2) is 0 Å². The third kappa shape index (κ3) is 2.45. The SMILES string of the molecule is Cc1nc(Nc2ccc(C(=O)O)cc2)c2c3c(sc2n1)CCC3. The topological polar surface area (TPSA) is 75.1 Å². The Morgan fingerprint density at radius 2 is 2.00 bits per heavy atom. The van der Waals surface area contributed by atoms with Crippen LogP contribution >= 0.6 is 11.3 Å². The lowest BCUT2D eigenvalue weighted by atomic mass is 10.1. The van der Waals surface area contributed by atoms with Crippen molar-refractivity contribution in [3.8, 4) is 0 Å². The standard InChI is InChI=1S/C17H15N3O2S/c1-9-18-15(20-11-7-5-10(6-8-11)17(21)22)14-12-3-2-4-13(12)23-16(14)19-9/h5-8H,2-4H2,1H3,(H,21,22)(H,18,19,20). The fourth-order valence-corrected chi connectivity index (χ4v) is 4.33. The minimum atomic E-state index is -0.924. The van der Waals surface area contributed by atoms with Crippen LogP contribution in [0.4, 0.5) is 11.5 Å². The number of thiophene rings is 1. The summed E-state index contributed by atoms with van der Waals surface area (Å²) in [6.45, 7) is 1.89. The number of fused-ring (bicyclic) bond motifs is 3. The van der Waals surface area contributed by atoms with E-state index in [1.165, 1.54) is 16.9 Å². The Morgan fingerprint density at radius 1 is 1.22 bits per heavy atom. The van der Waals surface area contributed by atoms with Gasteiger partial charge in [0.2, 0.25) is 0 Å². The number of carboxylic acid groups (broad SMARTS) is 1. The first-order valence-electron chi connectivity index (χ1n) is 7.51. The quantitative estimate of drug-likeness (QED) is 0.763. The Balaban J connectivity index is 1.77.